The van der Waals surface area contributed by atoms with Gasteiger partial charge in [0.1, 0.15) is 5.54 Å². The second-order valence-electron chi connectivity index (χ2n) is 4.46. The minimum Gasteiger partial charge on any atom is -0.301 e. The summed E-state index contributed by atoms with van der Waals surface area (Å²) in [6.45, 7) is 7.17. The summed E-state index contributed by atoms with van der Waals surface area (Å²) in [7, 11) is 2.08. The van der Waals surface area contributed by atoms with Crippen LogP contribution < -0.4 is 5.32 Å². The van der Waals surface area contributed by atoms with E-state index >= 15 is 0 Å². The zero-order chi connectivity index (χ0) is 10.1. The van der Waals surface area contributed by atoms with Gasteiger partial charge in [0, 0.05) is 18.6 Å². The molecule has 0 radical (unpaired) electrons. The molecular formula is C10H19N3. The molecule has 0 saturated carbocycles. The SMILES string of the molecule is CC(C)NC1(C#N)CC(C)N(C)C1. The Bertz CT molecular complexity index is 201. The van der Waals surface area contributed by atoms with Gasteiger partial charge in [0.2, 0.25) is 0 Å². The zero-order valence-corrected chi connectivity index (χ0v) is 8.96. The Kier molecular flexibility index (Phi) is 2.94. The lowest BCUT2D eigenvalue weighted by molar-refractivity contribution is 0.314. The maximum absolute atomic E-state index is 9.16. The standard InChI is InChI=1S/C10H19N3/c1-8(2)12-10(6-11)5-9(3)13(4)7-10/h8-9,12H,5,7H2,1-4H3. The molecule has 3 nitrogen and oxygen atoms in total. The molecule has 0 spiro atoms. The Labute approximate surface area is 80.7 Å². The summed E-state index contributed by atoms with van der Waals surface area (Å²) in [5.41, 5.74) is -0.317. The van der Waals surface area contributed by atoms with E-state index < -0.39 is 0 Å². The van der Waals surface area contributed by atoms with Crippen LogP contribution in [0.4, 0.5) is 0 Å². The van der Waals surface area contributed by atoms with E-state index in [-0.39, 0.29) is 5.54 Å². The van der Waals surface area contributed by atoms with E-state index in [1.165, 1.54) is 0 Å². The fourth-order valence-corrected chi connectivity index (χ4v) is 2.08. The third kappa shape index (κ3) is 2.20. The monoisotopic (exact) mass is 181 g/mol. The molecule has 1 aliphatic heterocycles. The quantitative estimate of drug-likeness (QED) is 0.690. The molecule has 0 aromatic carbocycles. The molecule has 0 aromatic rings. The van der Waals surface area contributed by atoms with Gasteiger partial charge in [0.25, 0.3) is 0 Å². The highest BCUT2D eigenvalue weighted by atomic mass is 15.2. The van der Waals surface area contributed by atoms with Gasteiger partial charge in [-0.2, -0.15) is 5.26 Å². The Morgan fingerprint density at radius 3 is 2.54 bits per heavy atom. The Balaban J connectivity index is 2.69. The highest BCUT2D eigenvalue weighted by Crippen LogP contribution is 2.25. The first-order valence-electron chi connectivity index (χ1n) is 4.88. The van der Waals surface area contributed by atoms with E-state index in [1.807, 2.05) is 0 Å². The van der Waals surface area contributed by atoms with Gasteiger partial charge in [-0.1, -0.05) is 0 Å². The van der Waals surface area contributed by atoms with Crippen molar-refractivity contribution in [3.05, 3.63) is 0 Å². The molecule has 2 atom stereocenters. The van der Waals surface area contributed by atoms with Crippen LogP contribution >= 0.6 is 0 Å². The molecule has 74 valence electrons. The molecule has 0 bridgehead atoms. The minimum absolute atomic E-state index is 0.317. The lowest BCUT2D eigenvalue weighted by Crippen LogP contribution is -2.49. The van der Waals surface area contributed by atoms with Crippen molar-refractivity contribution in [3.63, 3.8) is 0 Å². The first-order valence-corrected chi connectivity index (χ1v) is 4.88. The van der Waals surface area contributed by atoms with Crippen LogP contribution in [0.2, 0.25) is 0 Å². The maximum Gasteiger partial charge on any atom is 0.121 e. The highest BCUT2D eigenvalue weighted by molar-refractivity contribution is 5.14. The Morgan fingerprint density at radius 1 is 1.62 bits per heavy atom. The predicted octanol–water partition coefficient (Wildman–Crippen LogP) is 0.971. The molecule has 0 aromatic heterocycles. The van der Waals surface area contributed by atoms with E-state index in [0.29, 0.717) is 12.1 Å². The molecule has 1 aliphatic rings. The lowest BCUT2D eigenvalue weighted by atomic mass is 9.97. The molecule has 0 aliphatic carbocycles. The Hall–Kier alpha value is -0.590. The van der Waals surface area contributed by atoms with Crippen LogP contribution in [0.25, 0.3) is 0 Å². The number of nitriles is 1. The first-order chi connectivity index (χ1) is 5.99. The zero-order valence-electron chi connectivity index (χ0n) is 8.96. The molecule has 1 rings (SSSR count). The molecule has 1 saturated heterocycles. The van der Waals surface area contributed by atoms with Crippen molar-refractivity contribution in [2.75, 3.05) is 13.6 Å². The van der Waals surface area contributed by atoms with E-state index in [0.717, 1.165) is 13.0 Å². The second-order valence-corrected chi connectivity index (χ2v) is 4.46. The summed E-state index contributed by atoms with van der Waals surface area (Å²) >= 11 is 0. The van der Waals surface area contributed by atoms with Crippen LogP contribution in [0.5, 0.6) is 0 Å². The van der Waals surface area contributed by atoms with Crippen LogP contribution in [0, 0.1) is 11.3 Å². The number of hydrogen-bond donors (Lipinski definition) is 1. The minimum atomic E-state index is -0.317. The number of nitrogens with one attached hydrogen (secondary N) is 1. The fourth-order valence-electron chi connectivity index (χ4n) is 2.08. The van der Waals surface area contributed by atoms with E-state index in [2.05, 4.69) is 44.1 Å². The number of nitrogens with zero attached hydrogens (tertiary/aromatic N) is 2. The third-order valence-corrected chi connectivity index (χ3v) is 2.69. The van der Waals surface area contributed by atoms with Crippen LogP contribution in [0.15, 0.2) is 0 Å². The van der Waals surface area contributed by atoms with Gasteiger partial charge in [-0.15, -0.1) is 0 Å². The smallest absolute Gasteiger partial charge is 0.121 e. The summed E-state index contributed by atoms with van der Waals surface area (Å²) in [6, 6.07) is 3.30. The van der Waals surface area contributed by atoms with Gasteiger partial charge in [-0.05, 0) is 34.2 Å². The Morgan fingerprint density at radius 2 is 2.23 bits per heavy atom. The van der Waals surface area contributed by atoms with Crippen molar-refractivity contribution in [2.24, 2.45) is 0 Å². The number of rotatable bonds is 2. The van der Waals surface area contributed by atoms with Crippen LogP contribution in [0.3, 0.4) is 0 Å². The lowest BCUT2D eigenvalue weighted by Gasteiger charge is -2.24. The summed E-state index contributed by atoms with van der Waals surface area (Å²) < 4.78 is 0. The second kappa shape index (κ2) is 3.65. The van der Waals surface area contributed by atoms with E-state index in [1.54, 1.807) is 0 Å². The average Bonchev–Trinajstić information content (AvgIpc) is 2.27. The average molecular weight is 181 g/mol. The summed E-state index contributed by atoms with van der Waals surface area (Å²) in [5, 5.41) is 12.5. The van der Waals surface area contributed by atoms with E-state index in [4.69, 9.17) is 5.26 Å². The topological polar surface area (TPSA) is 39.1 Å². The molecule has 1 fully saturated rings. The van der Waals surface area contributed by atoms with Crippen molar-refractivity contribution in [2.45, 2.75) is 44.8 Å². The van der Waals surface area contributed by atoms with Gasteiger partial charge in [-0.3, -0.25) is 5.32 Å². The molecule has 1 N–H and O–H groups in total. The van der Waals surface area contributed by atoms with Crippen LogP contribution in [-0.2, 0) is 0 Å². The number of likely N-dealkylation sites (N-methyl/N-ethyl adjacent to an activating group) is 1. The van der Waals surface area contributed by atoms with Crippen molar-refractivity contribution >= 4 is 0 Å². The number of hydrogen-bond acceptors (Lipinski definition) is 3. The van der Waals surface area contributed by atoms with Gasteiger partial charge < -0.3 is 4.90 Å². The summed E-state index contributed by atoms with van der Waals surface area (Å²) in [4.78, 5) is 2.23. The molecule has 1 heterocycles. The predicted molar refractivity (Wildman–Crippen MR) is 53.3 cm³/mol. The van der Waals surface area contributed by atoms with Gasteiger partial charge in [0.05, 0.1) is 6.07 Å². The molecule has 13 heavy (non-hydrogen) atoms. The van der Waals surface area contributed by atoms with Gasteiger partial charge in [0.15, 0.2) is 0 Å². The molecule has 2 unspecified atom stereocenters. The normalized spacial score (nSPS) is 35.2. The van der Waals surface area contributed by atoms with E-state index in [9.17, 15) is 0 Å². The highest BCUT2D eigenvalue weighted by Gasteiger charge is 2.41. The van der Waals surface area contributed by atoms with Gasteiger partial charge in [-0.25, -0.2) is 0 Å². The fraction of sp³-hybridized carbons (Fsp3) is 0.900. The van der Waals surface area contributed by atoms with Crippen molar-refractivity contribution in [1.82, 2.24) is 10.2 Å². The van der Waals surface area contributed by atoms with Crippen molar-refractivity contribution in [1.29, 1.82) is 5.26 Å². The van der Waals surface area contributed by atoms with Crippen LogP contribution in [0.1, 0.15) is 27.2 Å². The molecule has 3 heteroatoms. The van der Waals surface area contributed by atoms with Crippen LogP contribution in [-0.4, -0.2) is 36.1 Å². The first kappa shape index (κ1) is 10.5. The van der Waals surface area contributed by atoms with Gasteiger partial charge >= 0.3 is 0 Å². The largest absolute Gasteiger partial charge is 0.301 e. The van der Waals surface area contributed by atoms with Crippen molar-refractivity contribution < 1.29 is 0 Å². The third-order valence-electron chi connectivity index (χ3n) is 2.69. The molecule has 0 amide bonds. The summed E-state index contributed by atoms with van der Waals surface area (Å²) in [5.74, 6) is 0. The molecular weight excluding hydrogens is 162 g/mol. The number of likely N-dealkylation sites (tertiary alicyclic amines) is 1. The maximum atomic E-state index is 9.16. The van der Waals surface area contributed by atoms with Crippen molar-refractivity contribution in [3.8, 4) is 6.07 Å². The summed E-state index contributed by atoms with van der Waals surface area (Å²) in [6.07, 6.45) is 0.929.